The Kier molecular flexibility index (Phi) is 5.85. The molecule has 1 amide bonds. The first-order valence-corrected chi connectivity index (χ1v) is 10.4. The molecule has 0 bridgehead atoms. The maximum Gasteiger partial charge on any atom is 0.257 e. The zero-order chi connectivity index (χ0) is 20.2. The second-order valence-corrected chi connectivity index (χ2v) is 7.86. The Morgan fingerprint density at radius 3 is 2.59 bits per heavy atom. The van der Waals surface area contributed by atoms with E-state index in [0.717, 1.165) is 30.4 Å². The van der Waals surface area contributed by atoms with Crippen LogP contribution in [0, 0.1) is 5.92 Å². The van der Waals surface area contributed by atoms with E-state index in [0.29, 0.717) is 30.3 Å². The molecule has 0 aliphatic carbocycles. The molecule has 2 aliphatic heterocycles. The summed E-state index contributed by atoms with van der Waals surface area (Å²) in [5.41, 5.74) is 2.47. The lowest BCUT2D eigenvalue weighted by Gasteiger charge is -2.33. The van der Waals surface area contributed by atoms with Crippen LogP contribution in [0.5, 0.6) is 11.5 Å². The van der Waals surface area contributed by atoms with Gasteiger partial charge in [0.25, 0.3) is 5.91 Å². The van der Waals surface area contributed by atoms with Crippen LogP contribution < -0.4 is 25.0 Å². The number of piperidine rings is 1. The van der Waals surface area contributed by atoms with Crippen LogP contribution in [-0.4, -0.2) is 37.3 Å². The van der Waals surface area contributed by atoms with Gasteiger partial charge in [-0.25, -0.2) is 0 Å². The summed E-state index contributed by atoms with van der Waals surface area (Å²) in [5, 5.41) is 6.21. The maximum absolute atomic E-state index is 12.6. The van der Waals surface area contributed by atoms with Crippen LogP contribution in [0.4, 0.5) is 11.4 Å². The van der Waals surface area contributed by atoms with E-state index in [4.69, 9.17) is 21.7 Å². The molecule has 2 aromatic carbocycles. The third-order valence-corrected chi connectivity index (χ3v) is 5.51. The van der Waals surface area contributed by atoms with Crippen LogP contribution in [0.2, 0.25) is 0 Å². The van der Waals surface area contributed by atoms with Crippen molar-refractivity contribution in [1.82, 2.24) is 5.32 Å². The maximum atomic E-state index is 12.6. The number of anilines is 2. The van der Waals surface area contributed by atoms with Gasteiger partial charge in [0.1, 0.15) is 13.2 Å². The van der Waals surface area contributed by atoms with Crippen LogP contribution in [0.25, 0.3) is 0 Å². The number of rotatable bonds is 3. The van der Waals surface area contributed by atoms with Gasteiger partial charge >= 0.3 is 0 Å². The van der Waals surface area contributed by atoms with Crippen molar-refractivity contribution < 1.29 is 14.3 Å². The molecule has 0 radical (unpaired) electrons. The molecule has 0 unspecified atom stereocenters. The predicted octanol–water partition coefficient (Wildman–Crippen LogP) is 3.82. The fourth-order valence-corrected chi connectivity index (χ4v) is 3.82. The number of amides is 1. The molecule has 4 rings (SSSR count). The first-order valence-electron chi connectivity index (χ1n) is 9.96. The van der Waals surface area contributed by atoms with E-state index in [9.17, 15) is 4.79 Å². The quantitative estimate of drug-likeness (QED) is 0.749. The van der Waals surface area contributed by atoms with E-state index in [-0.39, 0.29) is 11.0 Å². The fraction of sp³-hybridized carbons (Fsp3) is 0.364. The minimum atomic E-state index is -0.288. The average molecular weight is 412 g/mol. The van der Waals surface area contributed by atoms with Gasteiger partial charge in [0, 0.05) is 18.7 Å². The molecular formula is C22H25N3O3S. The van der Waals surface area contributed by atoms with Gasteiger partial charge < -0.3 is 19.7 Å². The van der Waals surface area contributed by atoms with Gasteiger partial charge in [-0.15, -0.1) is 0 Å². The summed E-state index contributed by atoms with van der Waals surface area (Å²) in [5.74, 6) is 1.70. The lowest BCUT2D eigenvalue weighted by atomic mass is 9.98. The van der Waals surface area contributed by atoms with Crippen LogP contribution in [0.15, 0.2) is 42.5 Å². The van der Waals surface area contributed by atoms with Crippen molar-refractivity contribution in [2.45, 2.75) is 19.8 Å². The Morgan fingerprint density at radius 1 is 1.07 bits per heavy atom. The number of para-hydroxylation sites is 2. The molecule has 7 heteroatoms. The van der Waals surface area contributed by atoms with Crippen molar-refractivity contribution in [3.63, 3.8) is 0 Å². The zero-order valence-corrected chi connectivity index (χ0v) is 17.3. The van der Waals surface area contributed by atoms with Gasteiger partial charge in [-0.2, -0.15) is 0 Å². The largest absolute Gasteiger partial charge is 0.486 e. The molecule has 2 aliphatic rings. The van der Waals surface area contributed by atoms with Crippen LogP contribution in [0.3, 0.4) is 0 Å². The molecule has 0 saturated carbocycles. The lowest BCUT2D eigenvalue weighted by molar-refractivity contribution is 0.0976. The van der Waals surface area contributed by atoms with Crippen LogP contribution in [0.1, 0.15) is 30.1 Å². The minimum Gasteiger partial charge on any atom is -0.486 e. The molecule has 0 aromatic heterocycles. The number of carbonyl (C=O) groups is 1. The second-order valence-electron chi connectivity index (χ2n) is 7.45. The summed E-state index contributed by atoms with van der Waals surface area (Å²) in [7, 11) is 0. The highest BCUT2D eigenvalue weighted by molar-refractivity contribution is 7.80. The summed E-state index contributed by atoms with van der Waals surface area (Å²) in [6.07, 6.45) is 2.36. The third-order valence-electron chi connectivity index (χ3n) is 5.31. The Morgan fingerprint density at radius 2 is 1.79 bits per heavy atom. The zero-order valence-electron chi connectivity index (χ0n) is 16.4. The van der Waals surface area contributed by atoms with Gasteiger partial charge in [-0.3, -0.25) is 10.1 Å². The first kappa shape index (κ1) is 19.5. The van der Waals surface area contributed by atoms with Crippen molar-refractivity contribution in [3.8, 4) is 11.5 Å². The van der Waals surface area contributed by atoms with Crippen molar-refractivity contribution in [2.75, 3.05) is 36.5 Å². The van der Waals surface area contributed by atoms with E-state index in [2.05, 4.69) is 28.5 Å². The summed E-state index contributed by atoms with van der Waals surface area (Å²) in [6.45, 7) is 5.34. The molecule has 6 nitrogen and oxygen atoms in total. The standard InChI is InChI=1S/C22H25N3O3S/c1-15-8-10-25(11-9-15)18-5-3-2-4-17(18)23-22(29)24-21(26)16-6-7-19-20(14-16)28-13-12-27-19/h2-7,14-15H,8-13H2,1H3,(H2,23,24,26,29). The second kappa shape index (κ2) is 8.69. The van der Waals surface area contributed by atoms with Gasteiger partial charge in [-0.1, -0.05) is 19.1 Å². The fourth-order valence-electron chi connectivity index (χ4n) is 3.62. The van der Waals surface area contributed by atoms with E-state index in [1.54, 1.807) is 18.2 Å². The molecular weight excluding hydrogens is 386 g/mol. The topological polar surface area (TPSA) is 62.8 Å². The molecule has 1 saturated heterocycles. The number of ether oxygens (including phenoxy) is 2. The number of nitrogens with zero attached hydrogens (tertiary/aromatic N) is 1. The van der Waals surface area contributed by atoms with Crippen LogP contribution in [-0.2, 0) is 0 Å². The van der Waals surface area contributed by atoms with Gasteiger partial charge in [0.05, 0.1) is 11.4 Å². The van der Waals surface area contributed by atoms with E-state index < -0.39 is 0 Å². The Balaban J connectivity index is 1.42. The van der Waals surface area contributed by atoms with Crippen LogP contribution >= 0.6 is 12.2 Å². The predicted molar refractivity (Wildman–Crippen MR) is 118 cm³/mol. The molecule has 2 heterocycles. The van der Waals surface area contributed by atoms with E-state index in [1.165, 1.54) is 12.8 Å². The summed E-state index contributed by atoms with van der Waals surface area (Å²) in [4.78, 5) is 15.0. The Labute approximate surface area is 176 Å². The molecule has 0 atom stereocenters. The monoisotopic (exact) mass is 411 g/mol. The SMILES string of the molecule is CC1CCN(c2ccccc2NC(=S)NC(=O)c2ccc3c(c2)OCCO3)CC1. The highest BCUT2D eigenvalue weighted by atomic mass is 32.1. The number of hydrogen-bond donors (Lipinski definition) is 2. The molecule has 0 spiro atoms. The molecule has 29 heavy (non-hydrogen) atoms. The summed E-state index contributed by atoms with van der Waals surface area (Å²) < 4.78 is 11.0. The molecule has 2 aromatic rings. The van der Waals surface area contributed by atoms with Crippen molar-refractivity contribution >= 4 is 34.6 Å². The molecule has 1 fully saturated rings. The molecule has 2 N–H and O–H groups in total. The smallest absolute Gasteiger partial charge is 0.257 e. The van der Waals surface area contributed by atoms with E-state index in [1.807, 2.05) is 18.2 Å². The van der Waals surface area contributed by atoms with Gasteiger partial charge in [-0.05, 0) is 61.3 Å². The highest BCUT2D eigenvalue weighted by Gasteiger charge is 2.19. The van der Waals surface area contributed by atoms with Crippen molar-refractivity contribution in [1.29, 1.82) is 0 Å². The summed E-state index contributed by atoms with van der Waals surface area (Å²) >= 11 is 5.40. The number of thiocarbonyl (C=S) groups is 1. The number of benzene rings is 2. The normalized spacial score (nSPS) is 16.2. The number of nitrogens with one attached hydrogen (secondary N) is 2. The lowest BCUT2D eigenvalue weighted by Crippen LogP contribution is -2.36. The van der Waals surface area contributed by atoms with Crippen molar-refractivity contribution in [2.24, 2.45) is 5.92 Å². The Bertz CT molecular complexity index is 910. The van der Waals surface area contributed by atoms with Gasteiger partial charge in [0.2, 0.25) is 0 Å². The third kappa shape index (κ3) is 4.62. The number of carbonyl (C=O) groups excluding carboxylic acids is 1. The summed E-state index contributed by atoms with van der Waals surface area (Å²) in [6, 6.07) is 13.2. The first-order chi connectivity index (χ1) is 14.1. The number of fused-ring (bicyclic) bond motifs is 1. The van der Waals surface area contributed by atoms with Crippen molar-refractivity contribution in [3.05, 3.63) is 48.0 Å². The highest BCUT2D eigenvalue weighted by Crippen LogP contribution is 2.31. The van der Waals surface area contributed by atoms with Gasteiger partial charge in [0.15, 0.2) is 16.6 Å². The van der Waals surface area contributed by atoms with E-state index >= 15 is 0 Å². The molecule has 152 valence electrons. The average Bonchev–Trinajstić information content (AvgIpc) is 2.74. The minimum absolute atomic E-state index is 0.266. The number of hydrogen-bond acceptors (Lipinski definition) is 5. The Hall–Kier alpha value is -2.80.